The Hall–Kier alpha value is -5.40. The molecule has 7 aromatic carbocycles. The van der Waals surface area contributed by atoms with Crippen molar-refractivity contribution < 1.29 is 32.7 Å². The molecule has 1 radical (unpaired) electrons. The summed E-state index contributed by atoms with van der Waals surface area (Å²) in [6, 6.07) is 67.0. The third kappa shape index (κ3) is 22.3. The summed E-state index contributed by atoms with van der Waals surface area (Å²) in [5.74, 6) is 0. The summed E-state index contributed by atoms with van der Waals surface area (Å²) < 4.78 is 0. The van der Waals surface area contributed by atoms with Crippen LogP contribution in [0.1, 0.15) is 197 Å². The van der Waals surface area contributed by atoms with Gasteiger partial charge in [0.05, 0.1) is 0 Å². The molecule has 0 heterocycles. The third-order valence-corrected chi connectivity index (χ3v) is 12.4. The van der Waals surface area contributed by atoms with Crippen LogP contribution >= 0.6 is 0 Å². The van der Waals surface area contributed by atoms with Crippen LogP contribution in [-0.4, -0.2) is 0 Å². The molecule has 0 aromatic heterocycles. The quantitative estimate of drug-likeness (QED) is 0.0650. The minimum absolute atomic E-state index is 0. The average Bonchev–Trinajstić information content (AvgIpc) is 3.43. The van der Waals surface area contributed by atoms with E-state index in [4.69, 9.17) is 0 Å². The van der Waals surface area contributed by atoms with Crippen LogP contribution in [0.4, 0.5) is 0 Å². The van der Waals surface area contributed by atoms with Gasteiger partial charge < -0.3 is 6.42 Å². The van der Waals surface area contributed by atoms with Crippen molar-refractivity contribution in [3.63, 3.8) is 0 Å². The van der Waals surface area contributed by atoms with Crippen molar-refractivity contribution in [2.24, 2.45) is 5.41 Å². The van der Waals surface area contributed by atoms with Gasteiger partial charge in [0, 0.05) is 32.7 Å². The molecule has 0 nitrogen and oxygen atoms in total. The fourth-order valence-corrected chi connectivity index (χ4v) is 8.00. The van der Waals surface area contributed by atoms with Crippen molar-refractivity contribution in [2.45, 2.75) is 158 Å². The van der Waals surface area contributed by atoms with Gasteiger partial charge >= 0.3 is 0 Å². The first-order chi connectivity index (χ1) is 35.9. The number of allylic oxidation sites excluding steroid dienone is 8. The van der Waals surface area contributed by atoms with E-state index in [0.29, 0.717) is 5.41 Å². The zero-order valence-corrected chi connectivity index (χ0v) is 53.9. The minimum Gasteiger partial charge on any atom is -0.332 e. The van der Waals surface area contributed by atoms with Gasteiger partial charge in [0.15, 0.2) is 0 Å². The van der Waals surface area contributed by atoms with Crippen molar-refractivity contribution in [2.75, 3.05) is 0 Å². The smallest absolute Gasteiger partial charge is 0 e. The number of aryl methyl sites for hydroxylation is 4. The summed E-state index contributed by atoms with van der Waals surface area (Å²) >= 11 is 0. The molecule has 0 aliphatic heterocycles. The van der Waals surface area contributed by atoms with Gasteiger partial charge in [-0.2, -0.15) is 13.3 Å². The molecular weight excluding hydrogens is 990 g/mol. The maximum atomic E-state index is 2.35. The maximum absolute atomic E-state index is 2.35. The van der Waals surface area contributed by atoms with E-state index in [9.17, 15) is 0 Å². The molecule has 0 saturated carbocycles. The van der Waals surface area contributed by atoms with E-state index >= 15 is 0 Å². The molecule has 76 heavy (non-hydrogen) atoms. The Morgan fingerprint density at radius 1 is 0.316 bits per heavy atom. The van der Waals surface area contributed by atoms with Gasteiger partial charge in [0.25, 0.3) is 0 Å². The van der Waals surface area contributed by atoms with Gasteiger partial charge in [-0.15, -0.1) is 0 Å². The van der Waals surface area contributed by atoms with Crippen LogP contribution in [-0.2, 0) is 32.7 Å². The zero-order valence-electron chi connectivity index (χ0n) is 51.1. The van der Waals surface area contributed by atoms with Crippen molar-refractivity contribution in [1.82, 2.24) is 0 Å². The van der Waals surface area contributed by atoms with Crippen LogP contribution in [0, 0.1) is 39.5 Å². The molecule has 0 saturated heterocycles. The molecular formula is C75H97Y-. The Morgan fingerprint density at radius 3 is 0.632 bits per heavy atom. The summed E-state index contributed by atoms with van der Waals surface area (Å²) in [7, 11) is 0. The molecule has 1 heteroatoms. The van der Waals surface area contributed by atoms with Crippen LogP contribution in [0.15, 0.2) is 182 Å². The summed E-state index contributed by atoms with van der Waals surface area (Å²) in [4.78, 5) is 0. The second kappa shape index (κ2) is 36.6. The van der Waals surface area contributed by atoms with Crippen LogP contribution in [0.2, 0.25) is 0 Å². The molecule has 7 rings (SSSR count). The number of unbranched alkanes of at least 4 members (excludes halogenated alkanes) is 2. The molecule has 7 aromatic rings. The molecule has 0 bridgehead atoms. The maximum Gasteiger partial charge on any atom is 0 e. The Kier molecular flexibility index (Phi) is 33.0. The van der Waals surface area contributed by atoms with Crippen molar-refractivity contribution in [3.8, 4) is 0 Å². The fourth-order valence-electron chi connectivity index (χ4n) is 8.00. The molecule has 0 spiro atoms. The van der Waals surface area contributed by atoms with Crippen LogP contribution in [0.25, 0.3) is 44.6 Å². The van der Waals surface area contributed by atoms with Gasteiger partial charge in [0.2, 0.25) is 0 Å². The van der Waals surface area contributed by atoms with Crippen LogP contribution in [0.3, 0.4) is 0 Å². The summed E-state index contributed by atoms with van der Waals surface area (Å²) in [5, 5.41) is 0. The van der Waals surface area contributed by atoms with Gasteiger partial charge in [-0.3, -0.25) is 0 Å². The predicted octanol–water partition coefficient (Wildman–Crippen LogP) is 23.6. The Balaban J connectivity index is 0.00000141. The second-order valence-electron chi connectivity index (χ2n) is 20.6. The second-order valence-corrected chi connectivity index (χ2v) is 20.6. The van der Waals surface area contributed by atoms with E-state index in [1.54, 1.807) is 0 Å². The molecule has 0 aliphatic carbocycles. The largest absolute Gasteiger partial charge is 0.332 e. The molecule has 0 N–H and O–H groups in total. The summed E-state index contributed by atoms with van der Waals surface area (Å²) in [6.45, 7) is 43.0. The van der Waals surface area contributed by atoms with E-state index in [2.05, 4.69) is 299 Å². The first kappa shape index (κ1) is 68.6. The number of hydrogen-bond donors (Lipinski definition) is 0. The van der Waals surface area contributed by atoms with Gasteiger partial charge in [-0.1, -0.05) is 293 Å². The van der Waals surface area contributed by atoms with Crippen LogP contribution in [0.5, 0.6) is 0 Å². The molecule has 0 amide bonds. The van der Waals surface area contributed by atoms with Gasteiger partial charge in [-0.05, 0) is 150 Å². The number of rotatable bonds is 12. The first-order valence-electron chi connectivity index (χ1n) is 28.0. The Labute approximate surface area is 491 Å². The third-order valence-electron chi connectivity index (χ3n) is 12.4. The topological polar surface area (TPSA) is 0 Å². The minimum atomic E-state index is 0. The normalized spacial score (nSPS) is 11.8. The van der Waals surface area contributed by atoms with Crippen molar-refractivity contribution >= 4 is 44.6 Å². The molecule has 0 unspecified atom stereocenters. The summed E-state index contributed by atoms with van der Waals surface area (Å²) in [5.41, 5.74) is 25.1. The molecule has 401 valence electrons. The summed E-state index contributed by atoms with van der Waals surface area (Å²) in [6.07, 6.45) is 5.96. The molecule has 0 atom stereocenters. The van der Waals surface area contributed by atoms with Crippen molar-refractivity contribution in [1.29, 1.82) is 0 Å². The monoisotopic (exact) mass is 1090 g/mol. The van der Waals surface area contributed by atoms with Crippen LogP contribution < -0.4 is 0 Å². The Bertz CT molecular complexity index is 2600. The fraction of sp³-hybridized carbons (Fsp3) is 0.320. The zero-order chi connectivity index (χ0) is 56.1. The van der Waals surface area contributed by atoms with E-state index in [1.807, 2.05) is 27.7 Å². The molecule has 0 aliphatic rings. The number of hydrogen-bond acceptors (Lipinski definition) is 0. The Morgan fingerprint density at radius 2 is 0.474 bits per heavy atom. The van der Waals surface area contributed by atoms with E-state index in [-0.39, 0.29) is 32.7 Å². The molecule has 0 fully saturated rings. The first-order valence-corrected chi connectivity index (χ1v) is 28.0. The number of benzene rings is 7. The van der Waals surface area contributed by atoms with E-state index in [1.165, 1.54) is 131 Å². The van der Waals surface area contributed by atoms with Gasteiger partial charge in [0.1, 0.15) is 0 Å². The van der Waals surface area contributed by atoms with Gasteiger partial charge in [-0.25, -0.2) is 0 Å². The van der Waals surface area contributed by atoms with E-state index in [0.717, 1.165) is 0 Å². The standard InChI is InChI=1S/C58H54.C5H12.C4H10.C4H9.2C2H6.Y/c1-39-19-27-47(28-20-39)43(5)55(51-15-11-9-12-16-51)57(45(7)49-31-23-41(3)24-32-49)53-35-37-54(38-36-53)58(46(8)50-33-25-42(4)26-34-50)56(52-17-13-10-14-18-52)44(6)48-29-21-40(2)22-30-48;1-5(2,3)4;2*1-3-4-2;2*1-2;/h9-38H,1-8H3;1-4H3;3-4H2,1-2H3;3H,4H2,1-2H3;2*1-2H3;/q;;;-1;;;/b55-43+,56-44+,57-45+,58-46+;;;;;;. The van der Waals surface area contributed by atoms with E-state index < -0.39 is 0 Å². The SMILES string of the molecule is C/C(=C(\C(=C(/C)c1ccc(C)cc1)c1ccc(C(=C(/C)c2ccc(C)cc2)/C(=C(\C)c2ccc(C)cc2)c2ccccc2)cc1)c1ccccc1)c1ccc(C)cc1.CC.CC.CC(C)(C)C.CCCC.C[CH-]CC.[Y]. The predicted molar refractivity (Wildman–Crippen MR) is 343 cm³/mol. The van der Waals surface area contributed by atoms with Crippen molar-refractivity contribution in [3.05, 3.63) is 255 Å². The average molecular weight is 1090 g/mol.